The average Bonchev–Trinajstić information content (AvgIpc) is 3.54. The van der Waals surface area contributed by atoms with Crippen LogP contribution in [-0.4, -0.2) is 48.4 Å². The van der Waals surface area contributed by atoms with Crippen molar-refractivity contribution in [2.24, 2.45) is 0 Å². The molecule has 0 unspecified atom stereocenters. The Morgan fingerprint density at radius 1 is 1.05 bits per heavy atom. The molecule has 0 spiro atoms. The quantitative estimate of drug-likeness (QED) is 0.251. The number of aromatic nitrogens is 6. The number of fused-ring (bicyclic) bond motifs is 1. The Bertz CT molecular complexity index is 1870. The van der Waals surface area contributed by atoms with E-state index in [1.54, 1.807) is 30.0 Å². The first-order chi connectivity index (χ1) is 20.6. The van der Waals surface area contributed by atoms with Crippen LogP contribution < -0.4 is 15.4 Å². The Labute approximate surface area is 242 Å². The predicted octanol–water partition coefficient (Wildman–Crippen LogP) is 5.21. The number of hydrogen-bond donors (Lipinski definition) is 2. The van der Waals surface area contributed by atoms with Crippen molar-refractivity contribution in [1.82, 2.24) is 34.7 Å². The smallest absolute Gasteiger partial charge is 0.255 e. The van der Waals surface area contributed by atoms with Crippen molar-refractivity contribution in [2.75, 3.05) is 12.4 Å². The van der Waals surface area contributed by atoms with Crippen molar-refractivity contribution >= 4 is 23.2 Å². The topological polar surface area (TPSA) is 111 Å². The highest BCUT2D eigenvalue weighted by Crippen LogP contribution is 2.29. The molecule has 4 heterocycles. The Hall–Kier alpha value is -5.51. The summed E-state index contributed by atoms with van der Waals surface area (Å²) < 4.78 is 9.12. The van der Waals surface area contributed by atoms with Crippen LogP contribution in [0.15, 0.2) is 97.6 Å². The van der Waals surface area contributed by atoms with Gasteiger partial charge in [0.25, 0.3) is 5.91 Å². The van der Waals surface area contributed by atoms with Gasteiger partial charge in [-0.2, -0.15) is 10.1 Å². The zero-order chi connectivity index (χ0) is 28.5. The molecule has 2 aromatic carbocycles. The maximum Gasteiger partial charge on any atom is 0.255 e. The van der Waals surface area contributed by atoms with E-state index >= 15 is 0 Å². The Kier molecular flexibility index (Phi) is 6.55. The van der Waals surface area contributed by atoms with Crippen molar-refractivity contribution < 1.29 is 9.53 Å². The van der Waals surface area contributed by atoms with Gasteiger partial charge in [0, 0.05) is 54.1 Å². The summed E-state index contributed by atoms with van der Waals surface area (Å²) >= 11 is 0. The monoisotopic (exact) mass is 556 g/mol. The number of methoxy groups -OCH3 is 1. The molecule has 10 nitrogen and oxygen atoms in total. The van der Waals surface area contributed by atoms with Crippen LogP contribution >= 0.6 is 0 Å². The number of nitrogens with one attached hydrogen (secondary N) is 2. The fraction of sp³-hybridized carbons (Fsp3) is 0.156. The summed E-state index contributed by atoms with van der Waals surface area (Å²) in [7, 11) is 1.56. The number of amides is 1. The lowest BCUT2D eigenvalue weighted by molar-refractivity contribution is 0.0948. The summed E-state index contributed by atoms with van der Waals surface area (Å²) in [6.45, 7) is 0. The third-order valence-corrected chi connectivity index (χ3v) is 7.17. The maximum atomic E-state index is 12.6. The average molecular weight is 557 g/mol. The largest absolute Gasteiger partial charge is 0.496 e. The third kappa shape index (κ3) is 5.29. The predicted molar refractivity (Wildman–Crippen MR) is 159 cm³/mol. The second-order valence-corrected chi connectivity index (χ2v) is 10.3. The van der Waals surface area contributed by atoms with Gasteiger partial charge in [0.2, 0.25) is 5.95 Å². The van der Waals surface area contributed by atoms with Gasteiger partial charge in [0.05, 0.1) is 24.6 Å². The summed E-state index contributed by atoms with van der Waals surface area (Å²) in [5.41, 5.74) is 6.97. The molecule has 0 bridgehead atoms. The maximum absolute atomic E-state index is 12.6. The summed E-state index contributed by atoms with van der Waals surface area (Å²) in [5, 5.41) is 15.4. The van der Waals surface area contributed by atoms with Crippen molar-refractivity contribution in [3.05, 3.63) is 114 Å². The first kappa shape index (κ1) is 25.5. The molecule has 0 atom stereocenters. The number of nitrogens with zero attached hydrogens (tertiary/aromatic N) is 6. The minimum Gasteiger partial charge on any atom is -0.496 e. The Morgan fingerprint density at radius 2 is 1.93 bits per heavy atom. The summed E-state index contributed by atoms with van der Waals surface area (Å²) in [6, 6.07) is 23.7. The number of ether oxygens (including phenoxy) is 1. The lowest BCUT2D eigenvalue weighted by atomic mass is 10.1. The summed E-state index contributed by atoms with van der Waals surface area (Å²) in [4.78, 5) is 21.7. The normalized spacial score (nSPS) is 12.8. The van der Waals surface area contributed by atoms with Crippen LogP contribution in [0.1, 0.15) is 34.5 Å². The number of pyridine rings is 2. The van der Waals surface area contributed by atoms with E-state index in [0.29, 0.717) is 17.3 Å². The van der Waals surface area contributed by atoms with Gasteiger partial charge in [-0.15, -0.1) is 5.10 Å². The standard InChI is InChI=1S/C32H28N8O2/c1-42-29-18-25(11-14-28(29)31(41)35-23-9-10-23)36-32-37-30-27(6-4-16-39(30)38-32)22-7-12-26(13-8-22)40-20-21(19-34-40)17-24-5-2-3-15-33-24/h2-8,11-16,18-20,23H,9-10,17H2,1H3,(H,35,41)(H,36,38). The number of carbonyl (C=O) groups is 1. The van der Waals surface area contributed by atoms with E-state index < -0.39 is 0 Å². The van der Waals surface area contributed by atoms with Gasteiger partial charge in [-0.25, -0.2) is 9.20 Å². The van der Waals surface area contributed by atoms with Crippen LogP contribution in [0.3, 0.4) is 0 Å². The number of anilines is 2. The molecule has 1 aliphatic rings. The van der Waals surface area contributed by atoms with Gasteiger partial charge >= 0.3 is 0 Å². The second kappa shape index (κ2) is 10.8. The molecule has 6 aromatic rings. The Morgan fingerprint density at radius 3 is 2.71 bits per heavy atom. The van der Waals surface area contributed by atoms with Crippen molar-refractivity contribution in [3.8, 4) is 22.6 Å². The minimum atomic E-state index is -0.125. The minimum absolute atomic E-state index is 0.125. The third-order valence-electron chi connectivity index (χ3n) is 7.17. The zero-order valence-electron chi connectivity index (χ0n) is 22.9. The fourth-order valence-corrected chi connectivity index (χ4v) is 4.86. The lowest BCUT2D eigenvalue weighted by Crippen LogP contribution is -2.25. The molecule has 0 aliphatic heterocycles. The van der Waals surface area contributed by atoms with Crippen molar-refractivity contribution in [1.29, 1.82) is 0 Å². The van der Waals surface area contributed by atoms with E-state index in [4.69, 9.17) is 9.72 Å². The van der Waals surface area contributed by atoms with E-state index in [2.05, 4.69) is 37.9 Å². The highest BCUT2D eigenvalue weighted by Gasteiger charge is 2.25. The van der Waals surface area contributed by atoms with E-state index in [9.17, 15) is 4.79 Å². The van der Waals surface area contributed by atoms with E-state index in [0.717, 1.165) is 58.7 Å². The molecule has 7 rings (SSSR count). The molecule has 1 saturated carbocycles. The number of carbonyl (C=O) groups excluding carboxylic acids is 1. The van der Waals surface area contributed by atoms with Gasteiger partial charge in [-0.05, 0) is 72.5 Å². The molecule has 0 radical (unpaired) electrons. The highest BCUT2D eigenvalue weighted by atomic mass is 16.5. The lowest BCUT2D eigenvalue weighted by Gasteiger charge is -2.11. The van der Waals surface area contributed by atoms with Crippen molar-refractivity contribution in [2.45, 2.75) is 25.3 Å². The van der Waals surface area contributed by atoms with Gasteiger partial charge in [0.1, 0.15) is 5.75 Å². The number of rotatable bonds is 9. The Balaban J connectivity index is 1.10. The molecule has 4 aromatic heterocycles. The van der Waals surface area contributed by atoms with Crippen LogP contribution in [-0.2, 0) is 6.42 Å². The van der Waals surface area contributed by atoms with Gasteiger partial charge in [0.15, 0.2) is 5.65 Å². The van der Waals surface area contributed by atoms with Gasteiger partial charge < -0.3 is 15.4 Å². The molecule has 42 heavy (non-hydrogen) atoms. The van der Waals surface area contributed by atoms with E-state index in [-0.39, 0.29) is 11.9 Å². The second-order valence-electron chi connectivity index (χ2n) is 10.3. The first-order valence-electron chi connectivity index (χ1n) is 13.8. The van der Waals surface area contributed by atoms with Crippen LogP contribution in [0.2, 0.25) is 0 Å². The highest BCUT2D eigenvalue weighted by molar-refractivity contribution is 5.98. The summed E-state index contributed by atoms with van der Waals surface area (Å²) in [5.74, 6) is 0.803. The van der Waals surface area contributed by atoms with Crippen molar-refractivity contribution in [3.63, 3.8) is 0 Å². The molecule has 10 heteroatoms. The fourth-order valence-electron chi connectivity index (χ4n) is 4.86. The van der Waals surface area contributed by atoms with E-state index in [1.807, 2.05) is 71.8 Å². The van der Waals surface area contributed by atoms with Crippen LogP contribution in [0, 0.1) is 0 Å². The first-order valence-corrected chi connectivity index (χ1v) is 13.8. The van der Waals surface area contributed by atoms with Crippen LogP contribution in [0.4, 0.5) is 11.6 Å². The van der Waals surface area contributed by atoms with Crippen LogP contribution in [0.25, 0.3) is 22.5 Å². The molecule has 2 N–H and O–H groups in total. The molecular formula is C32H28N8O2. The molecule has 1 aliphatic carbocycles. The van der Waals surface area contributed by atoms with E-state index in [1.165, 1.54) is 0 Å². The molecule has 1 amide bonds. The molecule has 1 fully saturated rings. The zero-order valence-corrected chi connectivity index (χ0v) is 22.9. The number of benzene rings is 2. The van der Waals surface area contributed by atoms with Gasteiger partial charge in [-0.3, -0.25) is 9.78 Å². The van der Waals surface area contributed by atoms with Gasteiger partial charge in [-0.1, -0.05) is 18.2 Å². The number of hydrogen-bond acceptors (Lipinski definition) is 7. The SMILES string of the molecule is COc1cc(Nc2nc3c(-c4ccc(-n5cc(Cc6ccccn6)cn5)cc4)cccn3n2)ccc1C(=O)NC1CC1. The van der Waals surface area contributed by atoms with Crippen LogP contribution in [0.5, 0.6) is 5.75 Å². The summed E-state index contributed by atoms with van der Waals surface area (Å²) in [6.07, 6.45) is 10.4. The molecular weight excluding hydrogens is 528 g/mol. The molecule has 208 valence electrons. The molecule has 0 saturated heterocycles.